The Labute approximate surface area is 111 Å². The van der Waals surface area contributed by atoms with Gasteiger partial charge in [0.1, 0.15) is 0 Å². The fraction of sp³-hybridized carbons (Fsp3) is 0.0714. The molecule has 0 fully saturated rings. The minimum Gasteiger partial charge on any atom is -0.256 e. The molecule has 2 aromatic carbocycles. The van der Waals surface area contributed by atoms with Crippen LogP contribution in [0.4, 0.5) is 27.6 Å². The number of hydrogen-bond donors (Lipinski definition) is 0. The number of aryl methyl sites for hydroxylation is 1. The van der Waals surface area contributed by atoms with Crippen molar-refractivity contribution in [2.45, 2.75) is 6.92 Å². The van der Waals surface area contributed by atoms with Crippen molar-refractivity contribution in [3.8, 4) is 0 Å². The predicted octanol–water partition coefficient (Wildman–Crippen LogP) is 4.44. The summed E-state index contributed by atoms with van der Waals surface area (Å²) in [7, 11) is 0. The Morgan fingerprint density at radius 3 is 1.85 bits per heavy atom. The van der Waals surface area contributed by atoms with E-state index in [0.717, 1.165) is 0 Å². The van der Waals surface area contributed by atoms with Crippen LogP contribution in [0.3, 0.4) is 0 Å². The van der Waals surface area contributed by atoms with Crippen LogP contribution in [-0.4, -0.2) is 6.21 Å². The smallest absolute Gasteiger partial charge is 0.200 e. The lowest BCUT2D eigenvalue weighted by Crippen LogP contribution is -2.06. The van der Waals surface area contributed by atoms with Gasteiger partial charge in [-0.1, -0.05) is 18.2 Å². The molecule has 0 amide bonds. The fourth-order valence-corrected chi connectivity index (χ4v) is 1.58. The summed E-state index contributed by atoms with van der Waals surface area (Å²) < 4.78 is 65.6. The zero-order chi connectivity index (χ0) is 14.9. The molecule has 0 radical (unpaired) electrons. The number of para-hydroxylation sites is 1. The second kappa shape index (κ2) is 5.40. The van der Waals surface area contributed by atoms with Crippen LogP contribution in [-0.2, 0) is 0 Å². The topological polar surface area (TPSA) is 12.4 Å². The van der Waals surface area contributed by atoms with Crippen molar-refractivity contribution in [3.63, 3.8) is 0 Å². The molecule has 0 bridgehead atoms. The van der Waals surface area contributed by atoms with Crippen LogP contribution in [0.25, 0.3) is 0 Å². The summed E-state index contributed by atoms with van der Waals surface area (Å²) >= 11 is 0. The number of nitrogens with zero attached hydrogens (tertiary/aromatic N) is 1. The Balaban J connectivity index is 2.53. The molecule has 0 aliphatic rings. The van der Waals surface area contributed by atoms with Crippen LogP contribution in [0, 0.1) is 36.0 Å². The average Bonchev–Trinajstić information content (AvgIpc) is 2.45. The molecule has 1 nitrogen and oxygen atoms in total. The van der Waals surface area contributed by atoms with Gasteiger partial charge in [-0.2, -0.15) is 0 Å². The van der Waals surface area contributed by atoms with Crippen LogP contribution < -0.4 is 0 Å². The van der Waals surface area contributed by atoms with E-state index >= 15 is 0 Å². The van der Waals surface area contributed by atoms with E-state index in [1.54, 1.807) is 31.2 Å². The third kappa shape index (κ3) is 2.41. The van der Waals surface area contributed by atoms with Gasteiger partial charge in [-0.3, -0.25) is 4.99 Å². The molecule has 0 heterocycles. The summed E-state index contributed by atoms with van der Waals surface area (Å²) in [5, 5.41) is 0. The molecule has 0 N–H and O–H groups in total. The number of aliphatic imine (C=N–C) groups is 1. The molecule has 104 valence electrons. The maximum atomic E-state index is 13.4. The van der Waals surface area contributed by atoms with Gasteiger partial charge < -0.3 is 0 Å². The molecule has 2 aromatic rings. The summed E-state index contributed by atoms with van der Waals surface area (Å²) in [5.41, 5.74) is 0.00807. The Morgan fingerprint density at radius 2 is 1.30 bits per heavy atom. The van der Waals surface area contributed by atoms with E-state index in [-0.39, 0.29) is 0 Å². The highest BCUT2D eigenvalue weighted by Crippen LogP contribution is 2.23. The maximum absolute atomic E-state index is 13.4. The first kappa shape index (κ1) is 14.2. The van der Waals surface area contributed by atoms with E-state index in [9.17, 15) is 22.0 Å². The van der Waals surface area contributed by atoms with Crippen molar-refractivity contribution in [2.24, 2.45) is 4.99 Å². The number of hydrogen-bond acceptors (Lipinski definition) is 1. The molecule has 0 aromatic heterocycles. The molecule has 0 aliphatic carbocycles. The minimum atomic E-state index is -2.19. The lowest BCUT2D eigenvalue weighted by atomic mass is 10.1. The first-order valence-electron chi connectivity index (χ1n) is 5.54. The molecule has 0 aliphatic heterocycles. The van der Waals surface area contributed by atoms with Crippen molar-refractivity contribution in [2.75, 3.05) is 0 Å². The molecule has 0 saturated heterocycles. The van der Waals surface area contributed by atoms with Crippen molar-refractivity contribution in [3.05, 3.63) is 64.5 Å². The van der Waals surface area contributed by atoms with Gasteiger partial charge in [0, 0.05) is 6.21 Å². The molecule has 0 spiro atoms. The van der Waals surface area contributed by atoms with Crippen molar-refractivity contribution >= 4 is 11.9 Å². The zero-order valence-corrected chi connectivity index (χ0v) is 10.2. The standard InChI is InChI=1S/C14H8F5N/c1-7-4-2-3-5-9(7)20-6-8-10(15)12(17)14(19)13(18)11(8)16/h2-6H,1H3. The molecular formula is C14H8F5N. The molecule has 6 heteroatoms. The molecule has 20 heavy (non-hydrogen) atoms. The highest BCUT2D eigenvalue weighted by atomic mass is 19.2. The van der Waals surface area contributed by atoms with E-state index in [1.165, 1.54) is 0 Å². The first-order chi connectivity index (χ1) is 9.43. The lowest BCUT2D eigenvalue weighted by molar-refractivity contribution is 0.377. The van der Waals surface area contributed by atoms with Gasteiger partial charge in [0.05, 0.1) is 11.3 Å². The summed E-state index contributed by atoms with van der Waals surface area (Å²) in [4.78, 5) is 3.75. The van der Waals surface area contributed by atoms with Crippen LogP contribution in [0.5, 0.6) is 0 Å². The van der Waals surface area contributed by atoms with E-state index in [1.807, 2.05) is 0 Å². The van der Waals surface area contributed by atoms with Gasteiger partial charge in [0.2, 0.25) is 5.82 Å². The van der Waals surface area contributed by atoms with Gasteiger partial charge in [-0.25, -0.2) is 22.0 Å². The maximum Gasteiger partial charge on any atom is 0.200 e. The number of halogens is 5. The van der Waals surface area contributed by atoms with E-state index in [2.05, 4.69) is 4.99 Å². The summed E-state index contributed by atoms with van der Waals surface area (Å²) in [6.45, 7) is 1.70. The van der Waals surface area contributed by atoms with Gasteiger partial charge in [0.25, 0.3) is 0 Å². The third-order valence-electron chi connectivity index (χ3n) is 2.69. The van der Waals surface area contributed by atoms with Gasteiger partial charge in [-0.15, -0.1) is 0 Å². The largest absolute Gasteiger partial charge is 0.256 e. The number of benzene rings is 2. The highest BCUT2D eigenvalue weighted by Gasteiger charge is 2.24. The van der Waals surface area contributed by atoms with Crippen LogP contribution in [0.15, 0.2) is 29.3 Å². The van der Waals surface area contributed by atoms with Crippen LogP contribution >= 0.6 is 0 Å². The Morgan fingerprint density at radius 1 is 0.800 bits per heavy atom. The Hall–Kier alpha value is -2.24. The SMILES string of the molecule is Cc1ccccc1N=Cc1c(F)c(F)c(F)c(F)c1F. The number of rotatable bonds is 2. The second-order valence-electron chi connectivity index (χ2n) is 4.03. The van der Waals surface area contributed by atoms with Crippen molar-refractivity contribution < 1.29 is 22.0 Å². The fourth-order valence-electron chi connectivity index (χ4n) is 1.58. The summed E-state index contributed by atoms with van der Waals surface area (Å²) in [5.74, 6) is -9.98. The average molecular weight is 285 g/mol. The quantitative estimate of drug-likeness (QED) is 0.335. The first-order valence-corrected chi connectivity index (χ1v) is 5.54. The monoisotopic (exact) mass is 285 g/mol. The summed E-state index contributed by atoms with van der Waals surface area (Å²) in [6.07, 6.45) is 0.624. The van der Waals surface area contributed by atoms with E-state index < -0.39 is 34.6 Å². The van der Waals surface area contributed by atoms with E-state index in [4.69, 9.17) is 0 Å². The zero-order valence-electron chi connectivity index (χ0n) is 10.2. The second-order valence-corrected chi connectivity index (χ2v) is 4.03. The third-order valence-corrected chi connectivity index (χ3v) is 2.69. The van der Waals surface area contributed by atoms with Crippen molar-refractivity contribution in [1.29, 1.82) is 0 Å². The Bertz CT molecular complexity index is 665. The highest BCUT2D eigenvalue weighted by molar-refractivity contribution is 5.83. The molecule has 2 rings (SSSR count). The molecule has 0 unspecified atom stereocenters. The Kier molecular flexibility index (Phi) is 3.83. The molecular weight excluding hydrogens is 277 g/mol. The minimum absolute atomic E-state index is 0.372. The summed E-state index contributed by atoms with van der Waals surface area (Å²) in [6, 6.07) is 6.62. The lowest BCUT2D eigenvalue weighted by Gasteiger charge is -2.04. The van der Waals surface area contributed by atoms with Crippen molar-refractivity contribution in [1.82, 2.24) is 0 Å². The van der Waals surface area contributed by atoms with Crippen LogP contribution in [0.2, 0.25) is 0 Å². The molecule has 0 atom stereocenters. The normalized spacial score (nSPS) is 11.3. The van der Waals surface area contributed by atoms with E-state index in [0.29, 0.717) is 17.5 Å². The molecule has 0 saturated carbocycles. The van der Waals surface area contributed by atoms with Gasteiger partial charge in [0.15, 0.2) is 23.3 Å². The predicted molar refractivity (Wildman–Crippen MR) is 64.7 cm³/mol. The van der Waals surface area contributed by atoms with Crippen LogP contribution in [0.1, 0.15) is 11.1 Å². The van der Waals surface area contributed by atoms with Gasteiger partial charge >= 0.3 is 0 Å². The van der Waals surface area contributed by atoms with Gasteiger partial charge in [-0.05, 0) is 18.6 Å².